The molecule has 0 aliphatic carbocycles. The Kier molecular flexibility index (Phi) is 3.51. The monoisotopic (exact) mass is 368 g/mol. The van der Waals surface area contributed by atoms with E-state index in [1.54, 1.807) is 46.9 Å². The number of aromatic nitrogens is 2. The number of halogens is 4. The molecule has 2 aromatic rings. The molecule has 0 radical (unpaired) electrons. The van der Waals surface area contributed by atoms with Crippen molar-refractivity contribution in [3.05, 3.63) is 33.7 Å². The molecule has 1 heterocycles. The van der Waals surface area contributed by atoms with Crippen molar-refractivity contribution in [2.75, 3.05) is 7.11 Å². The second kappa shape index (κ2) is 4.79. The van der Waals surface area contributed by atoms with Crippen LogP contribution in [0.15, 0.2) is 24.3 Å². The van der Waals surface area contributed by atoms with Gasteiger partial charge in [0.25, 0.3) is 0 Å². The summed E-state index contributed by atoms with van der Waals surface area (Å²) in [6.07, 6.45) is -4.48. The first-order chi connectivity index (χ1) is 8.45. The Hall–Kier alpha value is -1.25. The SMILES string of the molecule is COc1ccccc1-c1c(I)n[nH]c1C(F)(F)F. The molecule has 0 saturated carbocycles. The lowest BCUT2D eigenvalue weighted by atomic mass is 10.1. The van der Waals surface area contributed by atoms with Crippen molar-refractivity contribution >= 4 is 22.6 Å². The minimum absolute atomic E-state index is 0.0144. The van der Waals surface area contributed by atoms with Crippen LogP contribution < -0.4 is 4.74 Å². The second-order valence-electron chi connectivity index (χ2n) is 3.46. The Morgan fingerprint density at radius 1 is 1.28 bits per heavy atom. The van der Waals surface area contributed by atoms with E-state index < -0.39 is 11.9 Å². The van der Waals surface area contributed by atoms with Gasteiger partial charge in [0, 0.05) is 11.1 Å². The number of nitrogens with zero attached hydrogens (tertiary/aromatic N) is 1. The van der Waals surface area contributed by atoms with Crippen molar-refractivity contribution in [1.82, 2.24) is 10.2 Å². The molecule has 0 bridgehead atoms. The zero-order valence-electron chi connectivity index (χ0n) is 9.18. The fourth-order valence-corrected chi connectivity index (χ4v) is 2.30. The molecule has 0 saturated heterocycles. The molecular formula is C11H8F3IN2O. The van der Waals surface area contributed by atoms with Crippen LogP contribution in [0, 0.1) is 3.70 Å². The van der Waals surface area contributed by atoms with Gasteiger partial charge in [-0.25, -0.2) is 0 Å². The van der Waals surface area contributed by atoms with Crippen LogP contribution in [0.5, 0.6) is 5.75 Å². The van der Waals surface area contributed by atoms with Gasteiger partial charge in [0.05, 0.1) is 7.11 Å². The first-order valence-corrected chi connectivity index (χ1v) is 5.97. The Balaban J connectivity index is 2.67. The summed E-state index contributed by atoms with van der Waals surface area (Å²) in [5.74, 6) is 0.377. The highest BCUT2D eigenvalue weighted by Crippen LogP contribution is 2.41. The zero-order chi connectivity index (χ0) is 13.3. The van der Waals surface area contributed by atoms with E-state index in [4.69, 9.17) is 4.74 Å². The Morgan fingerprint density at radius 3 is 2.56 bits per heavy atom. The van der Waals surface area contributed by atoms with Crippen LogP contribution in [-0.4, -0.2) is 17.3 Å². The van der Waals surface area contributed by atoms with Gasteiger partial charge in [0.1, 0.15) is 15.1 Å². The molecule has 0 fully saturated rings. The molecule has 3 nitrogen and oxygen atoms in total. The van der Waals surface area contributed by atoms with Gasteiger partial charge in [-0.2, -0.15) is 18.3 Å². The summed E-state index contributed by atoms with van der Waals surface area (Å²) in [6.45, 7) is 0. The summed E-state index contributed by atoms with van der Waals surface area (Å²) >= 11 is 1.76. The van der Waals surface area contributed by atoms with Gasteiger partial charge in [-0.3, -0.25) is 5.10 Å². The average molecular weight is 368 g/mol. The molecule has 0 atom stereocenters. The highest BCUT2D eigenvalue weighted by molar-refractivity contribution is 14.1. The number of hydrogen-bond acceptors (Lipinski definition) is 2. The van der Waals surface area contributed by atoms with Crippen LogP contribution in [0.25, 0.3) is 11.1 Å². The third-order valence-corrected chi connectivity index (χ3v) is 3.16. The van der Waals surface area contributed by atoms with Gasteiger partial charge < -0.3 is 4.74 Å². The molecule has 18 heavy (non-hydrogen) atoms. The maximum atomic E-state index is 12.9. The Bertz CT molecular complexity index is 566. The van der Waals surface area contributed by atoms with E-state index in [2.05, 4.69) is 5.10 Å². The Labute approximate surface area is 114 Å². The minimum atomic E-state index is -4.48. The fourth-order valence-electron chi connectivity index (χ4n) is 1.62. The second-order valence-corrected chi connectivity index (χ2v) is 4.48. The number of aromatic amines is 1. The number of alkyl halides is 3. The Morgan fingerprint density at radius 2 is 1.94 bits per heavy atom. The number of para-hydroxylation sites is 1. The third-order valence-electron chi connectivity index (χ3n) is 2.38. The topological polar surface area (TPSA) is 37.9 Å². The van der Waals surface area contributed by atoms with Gasteiger partial charge >= 0.3 is 6.18 Å². The van der Waals surface area contributed by atoms with Crippen LogP contribution in [0.2, 0.25) is 0 Å². The largest absolute Gasteiger partial charge is 0.496 e. The molecule has 0 spiro atoms. The summed E-state index contributed by atoms with van der Waals surface area (Å²) in [5, 5.41) is 5.65. The number of methoxy groups -OCH3 is 1. The molecule has 0 unspecified atom stereocenters. The van der Waals surface area contributed by atoms with Crippen LogP contribution in [0.1, 0.15) is 5.69 Å². The van der Waals surface area contributed by atoms with Crippen LogP contribution in [0.4, 0.5) is 13.2 Å². The number of ether oxygens (including phenoxy) is 1. The van der Waals surface area contributed by atoms with Crippen LogP contribution in [-0.2, 0) is 6.18 Å². The van der Waals surface area contributed by atoms with E-state index >= 15 is 0 Å². The first-order valence-electron chi connectivity index (χ1n) is 4.89. The number of rotatable bonds is 2. The van der Waals surface area contributed by atoms with E-state index in [1.807, 2.05) is 5.10 Å². The van der Waals surface area contributed by atoms with Crippen LogP contribution in [0.3, 0.4) is 0 Å². The summed E-state index contributed by atoms with van der Waals surface area (Å²) in [4.78, 5) is 0. The standard InChI is InChI=1S/C11H8F3IN2O/c1-18-7-5-3-2-4-6(7)8-9(11(12,13)14)16-17-10(8)15/h2-5H,1H3,(H,16,17). The molecule has 7 heteroatoms. The number of hydrogen-bond donors (Lipinski definition) is 1. The van der Waals surface area contributed by atoms with Gasteiger partial charge in [-0.05, 0) is 28.7 Å². The normalized spacial score (nSPS) is 11.6. The predicted molar refractivity (Wildman–Crippen MR) is 68.3 cm³/mol. The van der Waals surface area contributed by atoms with Crippen molar-refractivity contribution in [3.8, 4) is 16.9 Å². The number of nitrogens with one attached hydrogen (secondary N) is 1. The van der Waals surface area contributed by atoms with Crippen molar-refractivity contribution < 1.29 is 17.9 Å². The molecule has 0 aliphatic rings. The average Bonchev–Trinajstić information content (AvgIpc) is 2.70. The first kappa shape index (κ1) is 13.2. The third kappa shape index (κ3) is 2.31. The summed E-state index contributed by atoms with van der Waals surface area (Å²) in [6, 6.07) is 6.53. The highest BCUT2D eigenvalue weighted by atomic mass is 127. The quantitative estimate of drug-likeness (QED) is 0.821. The lowest BCUT2D eigenvalue weighted by Gasteiger charge is -2.10. The van der Waals surface area contributed by atoms with Crippen molar-refractivity contribution in [2.45, 2.75) is 6.18 Å². The van der Waals surface area contributed by atoms with E-state index in [9.17, 15) is 13.2 Å². The molecule has 96 valence electrons. The van der Waals surface area contributed by atoms with E-state index in [0.717, 1.165) is 0 Å². The summed E-state index contributed by atoms with van der Waals surface area (Å²) in [5.41, 5.74) is -0.484. The van der Waals surface area contributed by atoms with E-state index in [0.29, 0.717) is 11.3 Å². The minimum Gasteiger partial charge on any atom is -0.496 e. The van der Waals surface area contributed by atoms with E-state index in [1.165, 1.54) is 7.11 Å². The van der Waals surface area contributed by atoms with Crippen molar-refractivity contribution in [3.63, 3.8) is 0 Å². The number of H-pyrrole nitrogens is 1. The maximum Gasteiger partial charge on any atom is 0.433 e. The van der Waals surface area contributed by atoms with Gasteiger partial charge in [0.15, 0.2) is 0 Å². The number of benzene rings is 1. The highest BCUT2D eigenvalue weighted by Gasteiger charge is 2.38. The smallest absolute Gasteiger partial charge is 0.433 e. The predicted octanol–water partition coefficient (Wildman–Crippen LogP) is 3.71. The van der Waals surface area contributed by atoms with E-state index in [-0.39, 0.29) is 9.26 Å². The molecule has 0 aliphatic heterocycles. The lowest BCUT2D eigenvalue weighted by Crippen LogP contribution is -2.07. The van der Waals surface area contributed by atoms with Crippen LogP contribution >= 0.6 is 22.6 Å². The zero-order valence-corrected chi connectivity index (χ0v) is 11.3. The lowest BCUT2D eigenvalue weighted by molar-refractivity contribution is -0.140. The van der Waals surface area contributed by atoms with Crippen molar-refractivity contribution in [2.24, 2.45) is 0 Å². The van der Waals surface area contributed by atoms with Gasteiger partial charge in [-0.15, -0.1) is 0 Å². The molecule has 2 rings (SSSR count). The van der Waals surface area contributed by atoms with Crippen molar-refractivity contribution in [1.29, 1.82) is 0 Å². The molecule has 1 N–H and O–H groups in total. The fraction of sp³-hybridized carbons (Fsp3) is 0.182. The van der Waals surface area contributed by atoms with Gasteiger partial charge in [0.2, 0.25) is 0 Å². The molecule has 1 aromatic heterocycles. The molecule has 1 aromatic carbocycles. The molecular weight excluding hydrogens is 360 g/mol. The molecule has 0 amide bonds. The summed E-state index contributed by atoms with van der Waals surface area (Å²) < 4.78 is 43.9. The maximum absolute atomic E-state index is 12.9. The van der Waals surface area contributed by atoms with Gasteiger partial charge in [-0.1, -0.05) is 18.2 Å². The summed E-state index contributed by atoms with van der Waals surface area (Å²) in [7, 11) is 1.42.